The number of aliphatic hydroxyl groups is 1. The van der Waals surface area contributed by atoms with E-state index in [-0.39, 0.29) is 32.1 Å². The number of phosphoric ester groups is 1. The lowest BCUT2D eigenvalue weighted by atomic mass is 10.1. The Morgan fingerprint density at radius 2 is 0.915 bits per heavy atom. The summed E-state index contributed by atoms with van der Waals surface area (Å²) in [5.41, 5.74) is 0. The summed E-state index contributed by atoms with van der Waals surface area (Å²) in [6.07, 6.45) is 59.9. The lowest BCUT2D eigenvalue weighted by Crippen LogP contribution is -2.27. The molecular weight excluding hydrogens is 762 g/mol. The minimum absolute atomic E-state index is 0.0479. The number of carbonyl (C=O) groups excluding carboxylic acids is 2. The maximum absolute atomic E-state index is 12.1. The highest BCUT2D eigenvalue weighted by Crippen LogP contribution is 2.42. The van der Waals surface area contributed by atoms with Gasteiger partial charge in [0.05, 0.1) is 13.2 Å². The number of unbranched alkanes of at least 4 members (excludes halogenated alkanes) is 6. The van der Waals surface area contributed by atoms with E-state index in [9.17, 15) is 24.2 Å². The number of phosphoric acid groups is 1. The zero-order chi connectivity index (χ0) is 43.2. The zero-order valence-electron chi connectivity index (χ0n) is 36.4. The Morgan fingerprint density at radius 3 is 1.37 bits per heavy atom. The number of hydrogen-bond donors (Lipinski definition) is 3. The summed E-state index contributed by atoms with van der Waals surface area (Å²) in [6, 6.07) is 0. The number of esters is 1. The Bertz CT molecular complexity index is 1370. The molecule has 9 nitrogen and oxygen atoms in total. The minimum atomic E-state index is -4.44. The summed E-state index contributed by atoms with van der Waals surface area (Å²) >= 11 is 0. The Kier molecular flexibility index (Phi) is 41.3. The highest BCUT2D eigenvalue weighted by atomic mass is 31.2. The van der Waals surface area contributed by atoms with Crippen LogP contribution < -0.4 is 5.32 Å². The molecule has 0 aromatic carbocycles. The fourth-order valence-electron chi connectivity index (χ4n) is 5.14. The summed E-state index contributed by atoms with van der Waals surface area (Å²) < 4.78 is 26.8. The van der Waals surface area contributed by atoms with Gasteiger partial charge in [-0.05, 0) is 103 Å². The van der Waals surface area contributed by atoms with Crippen LogP contribution in [0.1, 0.15) is 142 Å². The Balaban J connectivity index is 3.74. The summed E-state index contributed by atoms with van der Waals surface area (Å²) in [5.74, 6) is -0.597. The SMILES string of the molecule is CC/C=C\C/C=C\C/C=C\C/C=C\C/C=C\C/C=C\CCCCCCC(=O)OCC(O)COP(=O)(O)OCCNC(=O)CCCC/C=C\C/C=C\C/C=C\C/C=C\CC. The van der Waals surface area contributed by atoms with Crippen molar-refractivity contribution in [2.24, 2.45) is 0 Å². The van der Waals surface area contributed by atoms with Crippen molar-refractivity contribution in [3.05, 3.63) is 122 Å². The molecule has 0 saturated carbocycles. The quantitative estimate of drug-likeness (QED) is 0.0241. The van der Waals surface area contributed by atoms with E-state index < -0.39 is 26.5 Å². The molecule has 0 aliphatic heterocycles. The second-order valence-electron chi connectivity index (χ2n) is 13.9. The molecule has 0 aliphatic rings. The standard InChI is InChI=1S/C49H78NO8P/c1-3-5-7-9-11-13-15-17-19-20-21-22-23-24-25-26-28-30-32-34-36-38-40-42-49(53)56-45-47(51)46-58-59(54,55)57-44-43-50-48(52)41-39-37-35-33-31-29-27-18-16-14-12-10-8-6-4-2/h5-8,11-14,17-19,21-22,24-25,27-28,30-31,33,47,51H,3-4,9-10,15-16,20,23,26,29,32,34-46H2,1-2H3,(H,50,52)(H,54,55)/b7-5-,8-6-,13-11-,14-12-,19-17-,22-21-,25-24-,27-18-,30-28-,33-31-. The molecule has 0 aromatic heterocycles. The topological polar surface area (TPSA) is 131 Å². The number of allylic oxidation sites excluding steroid dienone is 20. The van der Waals surface area contributed by atoms with Crippen LogP contribution in [0.3, 0.4) is 0 Å². The number of nitrogens with one attached hydrogen (secondary N) is 1. The van der Waals surface area contributed by atoms with Crippen LogP contribution in [0, 0.1) is 0 Å². The van der Waals surface area contributed by atoms with Crippen LogP contribution in [0.25, 0.3) is 0 Å². The maximum atomic E-state index is 12.1. The van der Waals surface area contributed by atoms with Gasteiger partial charge < -0.3 is 20.1 Å². The maximum Gasteiger partial charge on any atom is 0.472 e. The Morgan fingerprint density at radius 1 is 0.525 bits per heavy atom. The van der Waals surface area contributed by atoms with Gasteiger partial charge >= 0.3 is 13.8 Å². The highest BCUT2D eigenvalue weighted by Gasteiger charge is 2.23. The lowest BCUT2D eigenvalue weighted by molar-refractivity contribution is -0.147. The third kappa shape index (κ3) is 45.3. The summed E-state index contributed by atoms with van der Waals surface area (Å²) in [6.45, 7) is 3.21. The highest BCUT2D eigenvalue weighted by molar-refractivity contribution is 7.47. The molecule has 0 heterocycles. The van der Waals surface area contributed by atoms with Gasteiger partial charge in [0.25, 0.3) is 0 Å². The molecule has 2 unspecified atom stereocenters. The Hall–Kier alpha value is -3.59. The Labute approximate surface area is 358 Å². The largest absolute Gasteiger partial charge is 0.472 e. The normalized spacial score (nSPS) is 14.4. The van der Waals surface area contributed by atoms with Crippen LogP contribution in [0.4, 0.5) is 0 Å². The van der Waals surface area contributed by atoms with Crippen LogP contribution in [0.15, 0.2) is 122 Å². The summed E-state index contributed by atoms with van der Waals surface area (Å²) in [7, 11) is -4.44. The predicted molar refractivity (Wildman–Crippen MR) is 247 cm³/mol. The van der Waals surface area contributed by atoms with E-state index in [1.807, 2.05) is 0 Å². The van der Waals surface area contributed by atoms with Crippen molar-refractivity contribution in [1.82, 2.24) is 5.32 Å². The number of amides is 1. The number of carbonyl (C=O) groups is 2. The first-order valence-corrected chi connectivity index (χ1v) is 23.5. The molecule has 0 bridgehead atoms. The van der Waals surface area contributed by atoms with Gasteiger partial charge in [0.1, 0.15) is 12.7 Å². The van der Waals surface area contributed by atoms with Gasteiger partial charge in [-0.3, -0.25) is 18.6 Å². The zero-order valence-corrected chi connectivity index (χ0v) is 37.3. The lowest BCUT2D eigenvalue weighted by Gasteiger charge is -2.15. The summed E-state index contributed by atoms with van der Waals surface area (Å²) in [5, 5.41) is 12.7. The molecule has 1 amide bonds. The molecule has 0 aromatic rings. The average Bonchev–Trinajstić information content (AvgIpc) is 3.22. The van der Waals surface area contributed by atoms with E-state index in [4.69, 9.17) is 13.8 Å². The van der Waals surface area contributed by atoms with E-state index in [2.05, 4.69) is 141 Å². The van der Waals surface area contributed by atoms with E-state index in [1.54, 1.807) is 0 Å². The number of hydrogen-bond acceptors (Lipinski definition) is 7. The molecule has 0 radical (unpaired) electrons. The fourth-order valence-corrected chi connectivity index (χ4v) is 5.89. The van der Waals surface area contributed by atoms with Gasteiger partial charge in [0, 0.05) is 19.4 Å². The molecule has 0 fully saturated rings. The molecule has 59 heavy (non-hydrogen) atoms. The van der Waals surface area contributed by atoms with Gasteiger partial charge in [0.2, 0.25) is 5.91 Å². The number of rotatable bonds is 39. The van der Waals surface area contributed by atoms with Crippen LogP contribution in [0.5, 0.6) is 0 Å². The molecule has 2 atom stereocenters. The van der Waals surface area contributed by atoms with Crippen molar-refractivity contribution in [2.45, 2.75) is 148 Å². The minimum Gasteiger partial charge on any atom is -0.463 e. The van der Waals surface area contributed by atoms with Crippen molar-refractivity contribution in [3.63, 3.8) is 0 Å². The third-order valence-electron chi connectivity index (χ3n) is 8.39. The second-order valence-corrected chi connectivity index (χ2v) is 15.4. The number of aliphatic hydroxyl groups excluding tert-OH is 1. The first-order chi connectivity index (χ1) is 28.8. The second kappa shape index (κ2) is 44.0. The monoisotopic (exact) mass is 840 g/mol. The molecule has 3 N–H and O–H groups in total. The van der Waals surface area contributed by atoms with Gasteiger partial charge in [-0.15, -0.1) is 0 Å². The predicted octanol–water partition coefficient (Wildman–Crippen LogP) is 12.5. The van der Waals surface area contributed by atoms with Crippen LogP contribution in [-0.4, -0.2) is 54.3 Å². The molecule has 0 saturated heterocycles. The van der Waals surface area contributed by atoms with E-state index in [0.29, 0.717) is 12.8 Å². The van der Waals surface area contributed by atoms with Crippen molar-refractivity contribution in [3.8, 4) is 0 Å². The van der Waals surface area contributed by atoms with Crippen molar-refractivity contribution >= 4 is 19.7 Å². The van der Waals surface area contributed by atoms with Gasteiger partial charge in [-0.25, -0.2) is 4.57 Å². The first-order valence-electron chi connectivity index (χ1n) is 22.0. The summed E-state index contributed by atoms with van der Waals surface area (Å²) in [4.78, 5) is 33.9. The molecule has 10 heteroatoms. The molecule has 0 aliphatic carbocycles. The van der Waals surface area contributed by atoms with Crippen molar-refractivity contribution < 1.29 is 37.9 Å². The van der Waals surface area contributed by atoms with E-state index in [1.165, 1.54) is 0 Å². The van der Waals surface area contributed by atoms with E-state index in [0.717, 1.165) is 109 Å². The van der Waals surface area contributed by atoms with Gasteiger partial charge in [-0.1, -0.05) is 148 Å². The molecular formula is C49H78NO8P. The van der Waals surface area contributed by atoms with Crippen LogP contribution in [0.2, 0.25) is 0 Å². The average molecular weight is 840 g/mol. The number of ether oxygens (including phenoxy) is 1. The van der Waals surface area contributed by atoms with Gasteiger partial charge in [0.15, 0.2) is 0 Å². The van der Waals surface area contributed by atoms with Crippen LogP contribution in [-0.2, 0) is 27.9 Å². The molecule has 0 rings (SSSR count). The van der Waals surface area contributed by atoms with E-state index >= 15 is 0 Å². The first kappa shape index (κ1) is 55.4. The van der Waals surface area contributed by atoms with Crippen molar-refractivity contribution in [1.29, 1.82) is 0 Å². The fraction of sp³-hybridized carbons (Fsp3) is 0.551. The van der Waals surface area contributed by atoms with Crippen LogP contribution >= 0.6 is 7.82 Å². The third-order valence-corrected chi connectivity index (χ3v) is 9.37. The van der Waals surface area contributed by atoms with Gasteiger partial charge in [-0.2, -0.15) is 0 Å². The van der Waals surface area contributed by atoms with Crippen molar-refractivity contribution in [2.75, 3.05) is 26.4 Å². The molecule has 332 valence electrons. The molecule has 0 spiro atoms. The smallest absolute Gasteiger partial charge is 0.463 e.